The second-order valence-electron chi connectivity index (χ2n) is 6.17. The molecular formula is C15H25Br2NO4. The van der Waals surface area contributed by atoms with Gasteiger partial charge in [0, 0.05) is 13.1 Å². The van der Waals surface area contributed by atoms with E-state index in [0.29, 0.717) is 25.6 Å². The monoisotopic (exact) mass is 441 g/mol. The highest BCUT2D eigenvalue weighted by molar-refractivity contribution is 9.25. The van der Waals surface area contributed by atoms with E-state index >= 15 is 0 Å². The minimum atomic E-state index is -0.446. The second kappa shape index (κ2) is 9.11. The average molecular weight is 443 g/mol. The van der Waals surface area contributed by atoms with Gasteiger partial charge in [-0.15, -0.1) is 0 Å². The van der Waals surface area contributed by atoms with Crippen molar-refractivity contribution in [2.45, 2.75) is 55.8 Å². The minimum Gasteiger partial charge on any atom is -0.464 e. The quantitative estimate of drug-likeness (QED) is 0.459. The molecule has 0 spiro atoms. The third-order valence-corrected chi connectivity index (χ3v) is 4.78. The number of likely N-dealkylation sites (tertiary alicyclic amines) is 1. The number of rotatable bonds is 6. The van der Waals surface area contributed by atoms with E-state index in [4.69, 9.17) is 9.47 Å². The van der Waals surface area contributed by atoms with Gasteiger partial charge >= 0.3 is 12.1 Å². The standard InChI is InChI=1S/C15H25Br2NO4/c1-4-15(2,3)22-14(20)18-8-5-11(6-9-18)7-10-21-13(19)12(16)17/h11-12H,4-10H2,1-3H3. The van der Waals surface area contributed by atoms with Crippen molar-refractivity contribution in [2.75, 3.05) is 19.7 Å². The molecule has 0 N–H and O–H groups in total. The number of hydrogen-bond acceptors (Lipinski definition) is 4. The number of carbonyl (C=O) groups excluding carboxylic acids is 2. The van der Waals surface area contributed by atoms with Gasteiger partial charge in [0.2, 0.25) is 0 Å². The molecule has 0 saturated carbocycles. The SMILES string of the molecule is CCC(C)(C)OC(=O)N1CCC(CCOC(=O)C(Br)Br)CC1. The summed E-state index contributed by atoms with van der Waals surface area (Å²) in [5, 5.41) is 0. The van der Waals surface area contributed by atoms with E-state index < -0.39 is 9.34 Å². The Morgan fingerprint density at radius 1 is 1.27 bits per heavy atom. The minimum absolute atomic E-state index is 0.224. The molecule has 1 aliphatic rings. The Balaban J connectivity index is 2.26. The Labute approximate surface area is 149 Å². The van der Waals surface area contributed by atoms with Crippen LogP contribution in [-0.2, 0) is 14.3 Å². The third kappa shape index (κ3) is 6.86. The molecule has 0 atom stereocenters. The summed E-state index contributed by atoms with van der Waals surface area (Å²) in [6, 6.07) is 0. The molecule has 1 amide bonds. The number of carbonyl (C=O) groups is 2. The van der Waals surface area contributed by atoms with Gasteiger partial charge < -0.3 is 14.4 Å². The Bertz CT molecular complexity index is 380. The summed E-state index contributed by atoms with van der Waals surface area (Å²) in [6.07, 6.45) is 3.25. The first-order valence-corrected chi connectivity index (χ1v) is 9.51. The van der Waals surface area contributed by atoms with Gasteiger partial charge in [-0.2, -0.15) is 0 Å². The topological polar surface area (TPSA) is 55.8 Å². The van der Waals surface area contributed by atoms with Gasteiger partial charge in [0.25, 0.3) is 0 Å². The molecule has 1 heterocycles. The van der Waals surface area contributed by atoms with Crippen LogP contribution in [0, 0.1) is 5.92 Å². The molecule has 1 aliphatic heterocycles. The first kappa shape index (κ1) is 19.7. The van der Waals surface area contributed by atoms with Crippen molar-refractivity contribution < 1.29 is 19.1 Å². The molecule has 0 aromatic carbocycles. The first-order chi connectivity index (χ1) is 10.2. The number of halogens is 2. The van der Waals surface area contributed by atoms with Gasteiger partial charge in [-0.1, -0.05) is 38.8 Å². The first-order valence-electron chi connectivity index (χ1n) is 7.68. The van der Waals surface area contributed by atoms with E-state index in [2.05, 4.69) is 31.9 Å². The molecular weight excluding hydrogens is 418 g/mol. The molecule has 0 radical (unpaired) electrons. The van der Waals surface area contributed by atoms with Gasteiger partial charge in [0.15, 0.2) is 3.74 Å². The smallest absolute Gasteiger partial charge is 0.410 e. The van der Waals surface area contributed by atoms with E-state index in [-0.39, 0.29) is 12.1 Å². The fraction of sp³-hybridized carbons (Fsp3) is 0.867. The van der Waals surface area contributed by atoms with Gasteiger partial charge in [0.1, 0.15) is 5.60 Å². The summed E-state index contributed by atoms with van der Waals surface area (Å²) in [5.41, 5.74) is -0.413. The molecule has 1 fully saturated rings. The van der Waals surface area contributed by atoms with Crippen LogP contribution >= 0.6 is 31.9 Å². The lowest BCUT2D eigenvalue weighted by molar-refractivity contribution is -0.141. The third-order valence-electron chi connectivity index (χ3n) is 4.04. The van der Waals surface area contributed by atoms with Crippen LogP contribution in [0.1, 0.15) is 46.5 Å². The average Bonchev–Trinajstić information content (AvgIpc) is 2.47. The largest absolute Gasteiger partial charge is 0.464 e. The Hall–Kier alpha value is -0.300. The molecule has 0 bridgehead atoms. The van der Waals surface area contributed by atoms with Gasteiger partial charge in [-0.3, -0.25) is 0 Å². The highest BCUT2D eigenvalue weighted by Crippen LogP contribution is 2.23. The highest BCUT2D eigenvalue weighted by atomic mass is 79.9. The van der Waals surface area contributed by atoms with Crippen LogP contribution in [0.15, 0.2) is 0 Å². The van der Waals surface area contributed by atoms with Crippen LogP contribution in [0.25, 0.3) is 0 Å². The van der Waals surface area contributed by atoms with Gasteiger partial charge in [-0.25, -0.2) is 9.59 Å². The summed E-state index contributed by atoms with van der Waals surface area (Å²) < 4.78 is 10.2. The van der Waals surface area contributed by atoms with Crippen molar-refractivity contribution >= 4 is 43.9 Å². The number of amides is 1. The lowest BCUT2D eigenvalue weighted by Crippen LogP contribution is -2.42. The maximum absolute atomic E-state index is 12.1. The number of piperidine rings is 1. The van der Waals surface area contributed by atoms with Crippen LogP contribution in [0.3, 0.4) is 0 Å². The molecule has 0 unspecified atom stereocenters. The lowest BCUT2D eigenvalue weighted by atomic mass is 9.94. The van der Waals surface area contributed by atoms with E-state index in [0.717, 1.165) is 25.7 Å². The summed E-state index contributed by atoms with van der Waals surface area (Å²) in [5.74, 6) is 0.183. The van der Waals surface area contributed by atoms with Crippen LogP contribution in [0.4, 0.5) is 4.79 Å². The van der Waals surface area contributed by atoms with E-state index in [1.165, 1.54) is 0 Å². The molecule has 22 heavy (non-hydrogen) atoms. The van der Waals surface area contributed by atoms with Crippen LogP contribution in [-0.4, -0.2) is 46.0 Å². The zero-order valence-electron chi connectivity index (χ0n) is 13.4. The molecule has 5 nitrogen and oxygen atoms in total. The van der Waals surface area contributed by atoms with Crippen molar-refractivity contribution in [1.82, 2.24) is 4.90 Å². The normalized spacial score (nSPS) is 16.7. The molecule has 1 saturated heterocycles. The van der Waals surface area contributed by atoms with Crippen molar-refractivity contribution in [2.24, 2.45) is 5.92 Å². The molecule has 1 rings (SSSR count). The Kier molecular flexibility index (Phi) is 8.17. The number of hydrogen-bond donors (Lipinski definition) is 0. The highest BCUT2D eigenvalue weighted by Gasteiger charge is 2.28. The maximum atomic E-state index is 12.1. The van der Waals surface area contributed by atoms with Crippen molar-refractivity contribution in [3.8, 4) is 0 Å². The van der Waals surface area contributed by atoms with Crippen LogP contribution < -0.4 is 0 Å². The fourth-order valence-corrected chi connectivity index (χ4v) is 2.43. The van der Waals surface area contributed by atoms with Crippen LogP contribution in [0.5, 0.6) is 0 Å². The van der Waals surface area contributed by atoms with Crippen LogP contribution in [0.2, 0.25) is 0 Å². The number of nitrogens with zero attached hydrogens (tertiary/aromatic N) is 1. The molecule has 0 aromatic heterocycles. The summed E-state index contributed by atoms with van der Waals surface area (Å²) in [6.45, 7) is 7.68. The van der Waals surface area contributed by atoms with Crippen molar-refractivity contribution in [3.05, 3.63) is 0 Å². The summed E-state index contributed by atoms with van der Waals surface area (Å²) >= 11 is 6.21. The summed E-state index contributed by atoms with van der Waals surface area (Å²) in [7, 11) is 0. The van der Waals surface area contributed by atoms with Crippen molar-refractivity contribution in [1.29, 1.82) is 0 Å². The second-order valence-corrected chi connectivity index (χ2v) is 9.23. The van der Waals surface area contributed by atoms with E-state index in [1.54, 1.807) is 4.90 Å². The number of alkyl halides is 2. The molecule has 128 valence electrons. The summed E-state index contributed by atoms with van der Waals surface area (Å²) in [4.78, 5) is 25.2. The predicted molar refractivity (Wildman–Crippen MR) is 92.4 cm³/mol. The zero-order valence-corrected chi connectivity index (χ0v) is 16.6. The van der Waals surface area contributed by atoms with Gasteiger partial charge in [-0.05, 0) is 45.4 Å². The Morgan fingerprint density at radius 2 is 1.86 bits per heavy atom. The maximum Gasteiger partial charge on any atom is 0.410 e. The van der Waals surface area contributed by atoms with E-state index in [1.807, 2.05) is 20.8 Å². The zero-order chi connectivity index (χ0) is 16.8. The number of esters is 1. The fourth-order valence-electron chi connectivity index (χ4n) is 2.17. The van der Waals surface area contributed by atoms with Crippen molar-refractivity contribution in [3.63, 3.8) is 0 Å². The molecule has 0 aromatic rings. The predicted octanol–water partition coefficient (Wildman–Crippen LogP) is 4.07. The molecule has 0 aliphatic carbocycles. The van der Waals surface area contributed by atoms with E-state index in [9.17, 15) is 9.59 Å². The van der Waals surface area contributed by atoms with Gasteiger partial charge in [0.05, 0.1) is 6.61 Å². The number of ether oxygens (including phenoxy) is 2. The molecule has 7 heteroatoms. The lowest BCUT2D eigenvalue weighted by Gasteiger charge is -2.34. The Morgan fingerprint density at radius 3 is 2.36 bits per heavy atom.